The Labute approximate surface area is 183 Å². The monoisotopic (exact) mass is 444 g/mol. The Kier molecular flexibility index (Phi) is 7.80. The van der Waals surface area contributed by atoms with Crippen molar-refractivity contribution < 1.29 is 28.5 Å². The number of hydrogen-bond acceptors (Lipinski definition) is 7. The van der Waals surface area contributed by atoms with E-state index in [0.717, 1.165) is 10.2 Å². The highest BCUT2D eigenvalue weighted by Gasteiger charge is 2.13. The zero-order valence-corrected chi connectivity index (χ0v) is 18.4. The van der Waals surface area contributed by atoms with Crippen LogP contribution in [0, 0.1) is 0 Å². The van der Waals surface area contributed by atoms with Gasteiger partial charge in [0.2, 0.25) is 0 Å². The van der Waals surface area contributed by atoms with Gasteiger partial charge >= 0.3 is 5.97 Å². The molecule has 164 valence electrons. The summed E-state index contributed by atoms with van der Waals surface area (Å²) in [6, 6.07) is 12.4. The first kappa shape index (κ1) is 22.5. The van der Waals surface area contributed by atoms with E-state index in [1.165, 1.54) is 18.4 Å². The SMILES string of the molecule is CCOC(=O)c1ccc2c(c1)sc(=NC(=O)COc1ccccc1OC)n2CCOC. The van der Waals surface area contributed by atoms with E-state index in [-0.39, 0.29) is 12.6 Å². The normalized spacial score (nSPS) is 11.5. The number of carbonyl (C=O) groups excluding carboxylic acids is 2. The standard InChI is InChI=1S/C22H24N2O6S/c1-4-29-21(26)15-9-10-16-19(13-15)31-22(24(16)11-12-27-2)23-20(25)14-30-18-8-6-5-7-17(18)28-3/h5-10,13H,4,11-12,14H2,1-3H3. The van der Waals surface area contributed by atoms with Crippen LogP contribution in [0.1, 0.15) is 17.3 Å². The summed E-state index contributed by atoms with van der Waals surface area (Å²) in [6.45, 7) is 2.79. The molecule has 31 heavy (non-hydrogen) atoms. The molecule has 3 aromatic rings. The van der Waals surface area contributed by atoms with Gasteiger partial charge in [-0.15, -0.1) is 0 Å². The van der Waals surface area contributed by atoms with E-state index < -0.39 is 5.91 Å². The molecule has 0 aliphatic heterocycles. The molecule has 3 rings (SSSR count). The maximum atomic E-state index is 12.5. The maximum absolute atomic E-state index is 12.5. The van der Waals surface area contributed by atoms with Crippen LogP contribution in [0.5, 0.6) is 11.5 Å². The molecule has 0 aliphatic rings. The highest BCUT2D eigenvalue weighted by molar-refractivity contribution is 7.16. The molecule has 0 radical (unpaired) electrons. The van der Waals surface area contributed by atoms with Gasteiger partial charge in [0.05, 0.1) is 36.1 Å². The number of benzene rings is 2. The molecule has 0 saturated heterocycles. The lowest BCUT2D eigenvalue weighted by atomic mass is 10.2. The van der Waals surface area contributed by atoms with Crippen molar-refractivity contribution >= 4 is 33.4 Å². The first-order chi connectivity index (χ1) is 15.1. The summed E-state index contributed by atoms with van der Waals surface area (Å²) in [7, 11) is 3.14. The number of esters is 1. The zero-order chi connectivity index (χ0) is 22.2. The summed E-state index contributed by atoms with van der Waals surface area (Å²) in [6.07, 6.45) is 0. The Morgan fingerprint density at radius 1 is 1.10 bits per heavy atom. The summed E-state index contributed by atoms with van der Waals surface area (Å²) in [5, 5.41) is 0. The molecule has 0 spiro atoms. The van der Waals surface area contributed by atoms with Gasteiger partial charge in [-0.3, -0.25) is 4.79 Å². The summed E-state index contributed by atoms with van der Waals surface area (Å²) in [4.78, 5) is 29.3. The fourth-order valence-electron chi connectivity index (χ4n) is 2.92. The van der Waals surface area contributed by atoms with Crippen LogP contribution in [-0.2, 0) is 20.8 Å². The molecule has 0 atom stereocenters. The number of nitrogens with zero attached hydrogens (tertiary/aromatic N) is 2. The van der Waals surface area contributed by atoms with Crippen LogP contribution in [0.4, 0.5) is 0 Å². The second-order valence-electron chi connectivity index (χ2n) is 6.38. The molecule has 1 heterocycles. The van der Waals surface area contributed by atoms with Gasteiger partial charge in [-0.1, -0.05) is 23.5 Å². The Hall–Kier alpha value is -3.17. The third-order valence-electron chi connectivity index (χ3n) is 4.35. The van der Waals surface area contributed by atoms with Crippen molar-refractivity contribution in [3.8, 4) is 11.5 Å². The second kappa shape index (κ2) is 10.7. The van der Waals surface area contributed by atoms with Gasteiger partial charge in [0, 0.05) is 13.7 Å². The smallest absolute Gasteiger partial charge is 0.338 e. The van der Waals surface area contributed by atoms with Gasteiger partial charge in [-0.25, -0.2) is 4.79 Å². The van der Waals surface area contributed by atoms with E-state index in [1.54, 1.807) is 44.4 Å². The predicted octanol–water partition coefficient (Wildman–Crippen LogP) is 3.04. The number of hydrogen-bond donors (Lipinski definition) is 0. The molecule has 2 aromatic carbocycles. The Balaban J connectivity index is 1.89. The minimum Gasteiger partial charge on any atom is -0.493 e. The van der Waals surface area contributed by atoms with Crippen LogP contribution < -0.4 is 14.3 Å². The molecule has 0 saturated carbocycles. The molecule has 0 fully saturated rings. The van der Waals surface area contributed by atoms with Crippen LogP contribution in [0.15, 0.2) is 47.5 Å². The average Bonchev–Trinajstić information content (AvgIpc) is 3.12. The lowest BCUT2D eigenvalue weighted by Crippen LogP contribution is -2.21. The van der Waals surface area contributed by atoms with Crippen molar-refractivity contribution in [2.24, 2.45) is 4.99 Å². The van der Waals surface area contributed by atoms with Crippen molar-refractivity contribution in [1.29, 1.82) is 0 Å². The summed E-state index contributed by atoms with van der Waals surface area (Å²) in [5.41, 5.74) is 1.30. The summed E-state index contributed by atoms with van der Waals surface area (Å²) in [5.74, 6) is 0.185. The molecule has 0 bridgehead atoms. The molecule has 1 amide bonds. The summed E-state index contributed by atoms with van der Waals surface area (Å²) < 4.78 is 23.8. The van der Waals surface area contributed by atoms with Crippen molar-refractivity contribution in [3.63, 3.8) is 0 Å². The minimum atomic E-state index is -0.436. The van der Waals surface area contributed by atoms with Gasteiger partial charge in [0.1, 0.15) is 0 Å². The minimum absolute atomic E-state index is 0.229. The largest absolute Gasteiger partial charge is 0.493 e. The topological polar surface area (TPSA) is 88.4 Å². The second-order valence-corrected chi connectivity index (χ2v) is 7.39. The molecule has 0 aliphatic carbocycles. The first-order valence-corrected chi connectivity index (χ1v) is 10.5. The van der Waals surface area contributed by atoms with Crippen LogP contribution in [0.25, 0.3) is 10.2 Å². The van der Waals surface area contributed by atoms with Crippen molar-refractivity contribution in [1.82, 2.24) is 4.57 Å². The van der Waals surface area contributed by atoms with Crippen molar-refractivity contribution in [2.75, 3.05) is 34.0 Å². The van der Waals surface area contributed by atoms with Crippen molar-refractivity contribution in [2.45, 2.75) is 13.5 Å². The number of thiazole rings is 1. The highest BCUT2D eigenvalue weighted by Crippen LogP contribution is 2.25. The highest BCUT2D eigenvalue weighted by atomic mass is 32.1. The first-order valence-electron chi connectivity index (χ1n) is 9.70. The Morgan fingerprint density at radius 3 is 2.58 bits per heavy atom. The van der Waals surface area contributed by atoms with E-state index in [1.807, 2.05) is 16.7 Å². The predicted molar refractivity (Wildman–Crippen MR) is 117 cm³/mol. The van der Waals surface area contributed by atoms with Crippen LogP contribution in [0.3, 0.4) is 0 Å². The lowest BCUT2D eigenvalue weighted by molar-refractivity contribution is -0.120. The van der Waals surface area contributed by atoms with E-state index in [2.05, 4.69) is 4.99 Å². The molecule has 1 aromatic heterocycles. The quantitative estimate of drug-likeness (QED) is 0.472. The fraction of sp³-hybridized carbons (Fsp3) is 0.318. The molecular weight excluding hydrogens is 420 g/mol. The number of amides is 1. The number of carbonyl (C=O) groups is 2. The Bertz CT molecular complexity index is 1130. The third kappa shape index (κ3) is 5.50. The number of fused-ring (bicyclic) bond motifs is 1. The zero-order valence-electron chi connectivity index (χ0n) is 17.6. The number of para-hydroxylation sites is 2. The van der Waals surface area contributed by atoms with Crippen molar-refractivity contribution in [3.05, 3.63) is 52.8 Å². The van der Waals surface area contributed by atoms with E-state index in [0.29, 0.717) is 41.6 Å². The molecule has 9 heteroatoms. The van der Waals surface area contributed by atoms with E-state index in [4.69, 9.17) is 18.9 Å². The number of methoxy groups -OCH3 is 2. The van der Waals surface area contributed by atoms with Gasteiger partial charge in [-0.2, -0.15) is 4.99 Å². The third-order valence-corrected chi connectivity index (χ3v) is 5.39. The van der Waals surface area contributed by atoms with Crippen LogP contribution in [0.2, 0.25) is 0 Å². The number of aromatic nitrogens is 1. The van der Waals surface area contributed by atoms with E-state index >= 15 is 0 Å². The maximum Gasteiger partial charge on any atom is 0.338 e. The number of ether oxygens (including phenoxy) is 4. The molecule has 0 unspecified atom stereocenters. The van der Waals surface area contributed by atoms with Crippen LogP contribution >= 0.6 is 11.3 Å². The van der Waals surface area contributed by atoms with Gasteiger partial charge in [-0.05, 0) is 37.3 Å². The number of rotatable bonds is 9. The molecular formula is C22H24N2O6S. The molecule has 0 N–H and O–H groups in total. The summed E-state index contributed by atoms with van der Waals surface area (Å²) >= 11 is 1.31. The molecule has 8 nitrogen and oxygen atoms in total. The van der Waals surface area contributed by atoms with Gasteiger partial charge in [0.15, 0.2) is 22.9 Å². The van der Waals surface area contributed by atoms with Gasteiger partial charge < -0.3 is 23.5 Å². The Morgan fingerprint density at radius 2 is 1.87 bits per heavy atom. The van der Waals surface area contributed by atoms with E-state index in [9.17, 15) is 9.59 Å². The van der Waals surface area contributed by atoms with Gasteiger partial charge in [0.25, 0.3) is 5.91 Å². The average molecular weight is 445 g/mol. The fourth-order valence-corrected chi connectivity index (χ4v) is 4.03. The van der Waals surface area contributed by atoms with Crippen LogP contribution in [-0.4, -0.2) is 50.5 Å². The lowest BCUT2D eigenvalue weighted by Gasteiger charge is -2.08.